The van der Waals surface area contributed by atoms with E-state index in [0.717, 1.165) is 37.5 Å². The van der Waals surface area contributed by atoms with Crippen molar-refractivity contribution in [2.24, 2.45) is 0 Å². The molecule has 2 aromatic rings. The van der Waals surface area contributed by atoms with Crippen LogP contribution >= 0.6 is 11.6 Å². The standard InChI is InChI=1S/C20H25ClN2O3/c1-24-17-7-5-4-6-15(17)16-12-22-10-11-23(16)13-14-8-9-18(25-2)20(26-3)19(14)21/h4-9,16,22H,10-13H2,1-3H3. The predicted octanol–water partition coefficient (Wildman–Crippen LogP) is 3.51. The molecule has 0 saturated carbocycles. The highest BCUT2D eigenvalue weighted by molar-refractivity contribution is 6.33. The molecule has 1 aliphatic rings. The van der Waals surface area contributed by atoms with Crippen LogP contribution in [0.5, 0.6) is 17.2 Å². The first kappa shape index (κ1) is 18.8. The summed E-state index contributed by atoms with van der Waals surface area (Å²) in [6.45, 7) is 3.46. The second-order valence-electron chi connectivity index (χ2n) is 6.21. The molecule has 1 unspecified atom stereocenters. The van der Waals surface area contributed by atoms with Crippen LogP contribution in [0.25, 0.3) is 0 Å². The Labute approximate surface area is 159 Å². The van der Waals surface area contributed by atoms with Gasteiger partial charge in [-0.25, -0.2) is 0 Å². The number of nitrogens with one attached hydrogen (secondary N) is 1. The van der Waals surface area contributed by atoms with Gasteiger partial charge in [0.2, 0.25) is 0 Å². The Morgan fingerprint density at radius 2 is 1.81 bits per heavy atom. The molecule has 6 heteroatoms. The summed E-state index contributed by atoms with van der Waals surface area (Å²) in [6, 6.07) is 12.3. The zero-order valence-corrected chi connectivity index (χ0v) is 16.2. The number of nitrogens with zero attached hydrogens (tertiary/aromatic N) is 1. The van der Waals surface area contributed by atoms with Gasteiger partial charge >= 0.3 is 0 Å². The second-order valence-corrected chi connectivity index (χ2v) is 6.58. The number of benzene rings is 2. The fourth-order valence-electron chi connectivity index (χ4n) is 3.45. The van der Waals surface area contributed by atoms with Crippen LogP contribution in [0, 0.1) is 0 Å². The quantitative estimate of drug-likeness (QED) is 0.835. The Balaban J connectivity index is 1.90. The molecule has 5 nitrogen and oxygen atoms in total. The van der Waals surface area contributed by atoms with E-state index in [0.29, 0.717) is 16.5 Å². The SMILES string of the molecule is COc1ccccc1C1CNCCN1Cc1ccc(OC)c(OC)c1Cl. The molecule has 1 heterocycles. The Morgan fingerprint density at radius 3 is 2.54 bits per heavy atom. The van der Waals surface area contributed by atoms with E-state index in [1.54, 1.807) is 21.3 Å². The third-order valence-electron chi connectivity index (χ3n) is 4.79. The molecule has 0 radical (unpaired) electrons. The van der Waals surface area contributed by atoms with Crippen LogP contribution in [0.4, 0.5) is 0 Å². The summed E-state index contributed by atoms with van der Waals surface area (Å²) in [5.41, 5.74) is 2.20. The molecule has 0 aromatic heterocycles. The summed E-state index contributed by atoms with van der Waals surface area (Å²) in [5.74, 6) is 2.13. The van der Waals surface area contributed by atoms with Crippen molar-refractivity contribution < 1.29 is 14.2 Å². The highest BCUT2D eigenvalue weighted by atomic mass is 35.5. The second kappa shape index (κ2) is 8.62. The van der Waals surface area contributed by atoms with Gasteiger partial charge in [0.05, 0.1) is 32.4 Å². The van der Waals surface area contributed by atoms with E-state index in [-0.39, 0.29) is 6.04 Å². The van der Waals surface area contributed by atoms with Gasteiger partial charge in [-0.3, -0.25) is 4.90 Å². The number of hydrogen-bond acceptors (Lipinski definition) is 5. The molecule has 1 aliphatic heterocycles. The van der Waals surface area contributed by atoms with Crippen molar-refractivity contribution in [1.82, 2.24) is 10.2 Å². The third-order valence-corrected chi connectivity index (χ3v) is 5.20. The molecule has 1 atom stereocenters. The van der Waals surface area contributed by atoms with Crippen LogP contribution in [-0.4, -0.2) is 45.9 Å². The molecular formula is C20H25ClN2O3. The van der Waals surface area contributed by atoms with E-state index in [4.69, 9.17) is 25.8 Å². The Kier molecular flexibility index (Phi) is 6.25. The molecule has 1 N–H and O–H groups in total. The molecular weight excluding hydrogens is 352 g/mol. The maximum absolute atomic E-state index is 6.59. The highest BCUT2D eigenvalue weighted by Crippen LogP contribution is 2.39. The first-order valence-electron chi connectivity index (χ1n) is 8.66. The molecule has 2 aromatic carbocycles. The molecule has 0 spiro atoms. The van der Waals surface area contributed by atoms with Crippen molar-refractivity contribution in [3.63, 3.8) is 0 Å². The summed E-state index contributed by atoms with van der Waals surface area (Å²) >= 11 is 6.59. The van der Waals surface area contributed by atoms with Crippen molar-refractivity contribution in [2.75, 3.05) is 41.0 Å². The van der Waals surface area contributed by atoms with Crippen LogP contribution in [0.2, 0.25) is 5.02 Å². The minimum atomic E-state index is 0.212. The van der Waals surface area contributed by atoms with Crippen LogP contribution < -0.4 is 19.5 Å². The van der Waals surface area contributed by atoms with Gasteiger partial charge in [-0.2, -0.15) is 0 Å². The van der Waals surface area contributed by atoms with Gasteiger partial charge in [0.25, 0.3) is 0 Å². The van der Waals surface area contributed by atoms with Gasteiger partial charge in [0.15, 0.2) is 11.5 Å². The van der Waals surface area contributed by atoms with Crippen LogP contribution in [-0.2, 0) is 6.54 Å². The van der Waals surface area contributed by atoms with Crippen LogP contribution in [0.3, 0.4) is 0 Å². The van der Waals surface area contributed by atoms with Crippen molar-refractivity contribution in [3.05, 3.63) is 52.5 Å². The van der Waals surface area contributed by atoms with Crippen molar-refractivity contribution >= 4 is 11.6 Å². The number of para-hydroxylation sites is 1. The first-order chi connectivity index (χ1) is 12.7. The lowest BCUT2D eigenvalue weighted by atomic mass is 10.0. The lowest BCUT2D eigenvalue weighted by Gasteiger charge is -2.37. The molecule has 1 fully saturated rings. The number of hydrogen-bond donors (Lipinski definition) is 1. The first-order valence-corrected chi connectivity index (χ1v) is 9.04. The van der Waals surface area contributed by atoms with E-state index < -0.39 is 0 Å². The normalized spacial score (nSPS) is 17.8. The largest absolute Gasteiger partial charge is 0.496 e. The van der Waals surface area contributed by atoms with E-state index >= 15 is 0 Å². The zero-order valence-electron chi connectivity index (χ0n) is 15.4. The summed E-state index contributed by atoms with van der Waals surface area (Å²) in [4.78, 5) is 2.42. The van der Waals surface area contributed by atoms with Gasteiger partial charge in [0.1, 0.15) is 5.75 Å². The lowest BCUT2D eigenvalue weighted by Crippen LogP contribution is -2.45. The summed E-state index contributed by atoms with van der Waals surface area (Å²) in [5, 5.41) is 4.08. The van der Waals surface area contributed by atoms with Gasteiger partial charge < -0.3 is 19.5 Å². The average Bonchev–Trinajstić information content (AvgIpc) is 2.69. The van der Waals surface area contributed by atoms with Crippen molar-refractivity contribution in [2.45, 2.75) is 12.6 Å². The molecule has 1 saturated heterocycles. The maximum atomic E-state index is 6.59. The van der Waals surface area contributed by atoms with E-state index in [2.05, 4.69) is 16.3 Å². The Hall–Kier alpha value is -1.95. The number of piperazine rings is 1. The Bertz CT molecular complexity index is 754. The molecule has 26 heavy (non-hydrogen) atoms. The fourth-order valence-corrected chi connectivity index (χ4v) is 3.75. The molecule has 140 valence electrons. The third kappa shape index (κ3) is 3.75. The molecule has 0 bridgehead atoms. The van der Waals surface area contributed by atoms with E-state index in [1.807, 2.05) is 30.3 Å². The Morgan fingerprint density at radius 1 is 1.04 bits per heavy atom. The number of rotatable bonds is 6. The monoisotopic (exact) mass is 376 g/mol. The fraction of sp³-hybridized carbons (Fsp3) is 0.400. The smallest absolute Gasteiger partial charge is 0.179 e. The van der Waals surface area contributed by atoms with E-state index in [9.17, 15) is 0 Å². The molecule has 0 amide bonds. The van der Waals surface area contributed by atoms with Gasteiger partial charge in [-0.1, -0.05) is 35.9 Å². The van der Waals surface area contributed by atoms with Crippen molar-refractivity contribution in [3.8, 4) is 17.2 Å². The average molecular weight is 377 g/mol. The summed E-state index contributed by atoms with van der Waals surface area (Å²) in [7, 11) is 4.93. The molecule has 3 rings (SSSR count). The number of ether oxygens (including phenoxy) is 3. The summed E-state index contributed by atoms with van der Waals surface area (Å²) in [6.07, 6.45) is 0. The van der Waals surface area contributed by atoms with Crippen LogP contribution in [0.1, 0.15) is 17.2 Å². The molecule has 0 aliphatic carbocycles. The van der Waals surface area contributed by atoms with Gasteiger partial charge in [0, 0.05) is 31.7 Å². The number of halogens is 1. The van der Waals surface area contributed by atoms with E-state index in [1.165, 1.54) is 5.56 Å². The van der Waals surface area contributed by atoms with Crippen LogP contribution in [0.15, 0.2) is 36.4 Å². The summed E-state index contributed by atoms with van der Waals surface area (Å²) < 4.78 is 16.3. The topological polar surface area (TPSA) is 43.0 Å². The van der Waals surface area contributed by atoms with Gasteiger partial charge in [-0.05, 0) is 17.7 Å². The maximum Gasteiger partial charge on any atom is 0.179 e. The highest BCUT2D eigenvalue weighted by Gasteiger charge is 2.27. The minimum Gasteiger partial charge on any atom is -0.496 e. The zero-order chi connectivity index (χ0) is 18.5. The number of methoxy groups -OCH3 is 3. The lowest BCUT2D eigenvalue weighted by molar-refractivity contribution is 0.151. The van der Waals surface area contributed by atoms with Crippen molar-refractivity contribution in [1.29, 1.82) is 0 Å². The predicted molar refractivity (Wildman–Crippen MR) is 104 cm³/mol. The minimum absolute atomic E-state index is 0.212. The van der Waals surface area contributed by atoms with Gasteiger partial charge in [-0.15, -0.1) is 0 Å².